The number of rotatable bonds is 8. The largest absolute Gasteiger partial charge is 0.492 e. The van der Waals surface area contributed by atoms with Gasteiger partial charge in [-0.15, -0.1) is 0 Å². The van der Waals surface area contributed by atoms with Gasteiger partial charge >= 0.3 is 0 Å². The van der Waals surface area contributed by atoms with E-state index in [4.69, 9.17) is 4.74 Å². The molecular weight excluding hydrogens is 290 g/mol. The standard InChI is InChI=1S/C17H25N5O/c1-18-17(19-10-6-12-22-13-7-11-20-22)21(2)14-15-23-16-8-4-3-5-9-16/h3-5,7-9,11,13H,6,10,12,14-15H2,1-2H3,(H,18,19). The number of hydrogen-bond donors (Lipinski definition) is 1. The molecule has 0 atom stereocenters. The number of likely N-dealkylation sites (N-methyl/N-ethyl adjacent to an activating group) is 1. The SMILES string of the molecule is CN=C(NCCCn1cccn1)N(C)CCOc1ccccc1. The van der Waals surface area contributed by atoms with Crippen molar-refractivity contribution in [2.45, 2.75) is 13.0 Å². The second-order valence-electron chi connectivity index (χ2n) is 5.18. The van der Waals surface area contributed by atoms with Gasteiger partial charge in [-0.3, -0.25) is 9.67 Å². The van der Waals surface area contributed by atoms with Gasteiger partial charge in [0, 0.05) is 39.6 Å². The maximum atomic E-state index is 5.71. The summed E-state index contributed by atoms with van der Waals surface area (Å²) in [6.45, 7) is 3.15. The molecule has 1 N–H and O–H groups in total. The fraction of sp³-hybridized carbons (Fsp3) is 0.412. The van der Waals surface area contributed by atoms with Crippen LogP contribution in [0.5, 0.6) is 5.75 Å². The number of hydrogen-bond acceptors (Lipinski definition) is 3. The molecule has 1 aromatic carbocycles. The zero-order valence-electron chi connectivity index (χ0n) is 13.9. The van der Waals surface area contributed by atoms with Crippen LogP contribution in [-0.4, -0.2) is 54.4 Å². The summed E-state index contributed by atoms with van der Waals surface area (Å²) >= 11 is 0. The fourth-order valence-corrected chi connectivity index (χ4v) is 2.18. The van der Waals surface area contributed by atoms with Crippen molar-refractivity contribution < 1.29 is 4.74 Å². The quantitative estimate of drug-likeness (QED) is 0.459. The number of nitrogens with one attached hydrogen (secondary N) is 1. The fourth-order valence-electron chi connectivity index (χ4n) is 2.18. The van der Waals surface area contributed by atoms with Crippen LogP contribution in [0.2, 0.25) is 0 Å². The van der Waals surface area contributed by atoms with Crippen LogP contribution >= 0.6 is 0 Å². The monoisotopic (exact) mass is 315 g/mol. The second kappa shape index (κ2) is 9.50. The van der Waals surface area contributed by atoms with E-state index in [1.165, 1.54) is 0 Å². The predicted octanol–water partition coefficient (Wildman–Crippen LogP) is 1.86. The molecule has 0 fully saturated rings. The Morgan fingerprint density at radius 1 is 1.30 bits per heavy atom. The highest BCUT2D eigenvalue weighted by atomic mass is 16.5. The van der Waals surface area contributed by atoms with Gasteiger partial charge < -0.3 is 15.0 Å². The van der Waals surface area contributed by atoms with Crippen molar-refractivity contribution in [3.63, 3.8) is 0 Å². The van der Waals surface area contributed by atoms with Crippen LogP contribution in [0.15, 0.2) is 53.8 Å². The van der Waals surface area contributed by atoms with Crippen LogP contribution in [0.1, 0.15) is 6.42 Å². The van der Waals surface area contributed by atoms with Crippen molar-refractivity contribution in [3.05, 3.63) is 48.8 Å². The molecule has 0 radical (unpaired) electrons. The molecule has 0 saturated carbocycles. The summed E-state index contributed by atoms with van der Waals surface area (Å²) in [5, 5.41) is 7.55. The molecule has 2 aromatic rings. The van der Waals surface area contributed by atoms with Crippen molar-refractivity contribution in [1.82, 2.24) is 20.0 Å². The van der Waals surface area contributed by atoms with Gasteiger partial charge in [0.25, 0.3) is 0 Å². The zero-order chi connectivity index (χ0) is 16.3. The molecular formula is C17H25N5O. The molecule has 23 heavy (non-hydrogen) atoms. The molecule has 0 aliphatic rings. The summed E-state index contributed by atoms with van der Waals surface area (Å²) in [5.74, 6) is 1.77. The molecule has 0 aliphatic carbocycles. The lowest BCUT2D eigenvalue weighted by Gasteiger charge is -2.22. The first-order valence-electron chi connectivity index (χ1n) is 7.86. The molecule has 0 aliphatic heterocycles. The van der Waals surface area contributed by atoms with E-state index in [9.17, 15) is 0 Å². The van der Waals surface area contributed by atoms with Gasteiger partial charge in [-0.2, -0.15) is 5.10 Å². The highest BCUT2D eigenvalue weighted by Crippen LogP contribution is 2.07. The van der Waals surface area contributed by atoms with E-state index in [2.05, 4.69) is 20.3 Å². The van der Waals surface area contributed by atoms with Gasteiger partial charge in [0.05, 0.1) is 6.54 Å². The first kappa shape index (κ1) is 16.9. The van der Waals surface area contributed by atoms with Gasteiger partial charge in [0.15, 0.2) is 5.96 Å². The summed E-state index contributed by atoms with van der Waals surface area (Å²) in [4.78, 5) is 6.37. The molecule has 6 nitrogen and oxygen atoms in total. The van der Waals surface area contributed by atoms with Gasteiger partial charge in [-0.25, -0.2) is 0 Å². The average molecular weight is 315 g/mol. The Balaban J connectivity index is 1.64. The summed E-state index contributed by atoms with van der Waals surface area (Å²) in [7, 11) is 3.81. The number of benzene rings is 1. The van der Waals surface area contributed by atoms with Crippen LogP contribution in [-0.2, 0) is 6.54 Å². The molecule has 124 valence electrons. The normalized spacial score (nSPS) is 11.3. The number of aryl methyl sites for hydroxylation is 1. The van der Waals surface area contributed by atoms with Gasteiger partial charge in [0.2, 0.25) is 0 Å². The van der Waals surface area contributed by atoms with Crippen LogP contribution in [0.4, 0.5) is 0 Å². The number of aliphatic imine (C=N–C) groups is 1. The lowest BCUT2D eigenvalue weighted by molar-refractivity contribution is 0.281. The van der Waals surface area contributed by atoms with Crippen molar-refractivity contribution in [1.29, 1.82) is 0 Å². The van der Waals surface area contributed by atoms with E-state index in [0.29, 0.717) is 6.61 Å². The number of ether oxygens (including phenoxy) is 1. The van der Waals surface area contributed by atoms with Crippen LogP contribution < -0.4 is 10.1 Å². The van der Waals surface area contributed by atoms with Crippen molar-refractivity contribution in [2.24, 2.45) is 4.99 Å². The maximum Gasteiger partial charge on any atom is 0.193 e. The van der Waals surface area contributed by atoms with Crippen molar-refractivity contribution in [3.8, 4) is 5.75 Å². The molecule has 2 rings (SSSR count). The Kier molecular flexibility index (Phi) is 6.97. The Labute approximate surface area is 137 Å². The minimum atomic E-state index is 0.620. The third-order valence-electron chi connectivity index (χ3n) is 3.42. The van der Waals surface area contributed by atoms with E-state index < -0.39 is 0 Å². The summed E-state index contributed by atoms with van der Waals surface area (Å²) in [5.41, 5.74) is 0. The minimum Gasteiger partial charge on any atom is -0.492 e. The Morgan fingerprint density at radius 3 is 2.83 bits per heavy atom. The third-order valence-corrected chi connectivity index (χ3v) is 3.42. The summed E-state index contributed by atoms with van der Waals surface area (Å²) in [6, 6.07) is 11.8. The number of aromatic nitrogens is 2. The Hall–Kier alpha value is -2.50. The summed E-state index contributed by atoms with van der Waals surface area (Å²) in [6.07, 6.45) is 4.77. The van der Waals surface area contributed by atoms with Crippen molar-refractivity contribution in [2.75, 3.05) is 33.8 Å². The molecule has 0 amide bonds. The first-order valence-corrected chi connectivity index (χ1v) is 7.86. The predicted molar refractivity (Wildman–Crippen MR) is 92.8 cm³/mol. The number of guanidine groups is 1. The zero-order valence-corrected chi connectivity index (χ0v) is 13.9. The highest BCUT2D eigenvalue weighted by molar-refractivity contribution is 5.79. The van der Waals surface area contributed by atoms with Crippen LogP contribution in [0.25, 0.3) is 0 Å². The Bertz CT molecular complexity index is 568. The molecule has 0 saturated heterocycles. The second-order valence-corrected chi connectivity index (χ2v) is 5.18. The van der Waals surface area contributed by atoms with E-state index in [0.717, 1.165) is 37.8 Å². The van der Waals surface area contributed by atoms with Crippen molar-refractivity contribution >= 4 is 5.96 Å². The molecule has 1 aromatic heterocycles. The molecule has 0 spiro atoms. The summed E-state index contributed by atoms with van der Waals surface area (Å²) < 4.78 is 7.64. The van der Waals surface area contributed by atoms with E-state index in [-0.39, 0.29) is 0 Å². The van der Waals surface area contributed by atoms with E-state index >= 15 is 0 Å². The topological polar surface area (TPSA) is 54.7 Å². The van der Waals surface area contributed by atoms with Gasteiger partial charge in [-0.05, 0) is 24.6 Å². The average Bonchev–Trinajstić information content (AvgIpc) is 3.09. The molecule has 1 heterocycles. The Morgan fingerprint density at radius 2 is 2.13 bits per heavy atom. The number of para-hydroxylation sites is 1. The van der Waals surface area contributed by atoms with Gasteiger partial charge in [0.1, 0.15) is 12.4 Å². The maximum absolute atomic E-state index is 5.71. The lowest BCUT2D eigenvalue weighted by Crippen LogP contribution is -2.41. The lowest BCUT2D eigenvalue weighted by atomic mass is 10.3. The van der Waals surface area contributed by atoms with E-state index in [1.54, 1.807) is 13.2 Å². The number of nitrogens with zero attached hydrogens (tertiary/aromatic N) is 4. The minimum absolute atomic E-state index is 0.620. The molecule has 0 bridgehead atoms. The molecule has 6 heteroatoms. The smallest absolute Gasteiger partial charge is 0.193 e. The van der Waals surface area contributed by atoms with E-state index in [1.807, 2.05) is 54.3 Å². The van der Waals surface area contributed by atoms with Gasteiger partial charge in [-0.1, -0.05) is 18.2 Å². The van der Waals surface area contributed by atoms with Crippen LogP contribution in [0, 0.1) is 0 Å². The highest BCUT2D eigenvalue weighted by Gasteiger charge is 2.05. The molecule has 0 unspecified atom stereocenters. The first-order chi connectivity index (χ1) is 11.3. The van der Waals surface area contributed by atoms with Crippen LogP contribution in [0.3, 0.4) is 0 Å². The third kappa shape index (κ3) is 6.02.